The monoisotopic (exact) mass is 391 g/mol. The molecule has 7 heteroatoms. The van der Waals surface area contributed by atoms with Gasteiger partial charge in [-0.25, -0.2) is 4.98 Å². The molecule has 27 heavy (non-hydrogen) atoms. The molecule has 0 aliphatic heterocycles. The van der Waals surface area contributed by atoms with Crippen molar-refractivity contribution in [3.05, 3.63) is 12.1 Å². The number of methoxy groups -OCH3 is 2. The Bertz CT molecular complexity index is 743. The first kappa shape index (κ1) is 19.9. The molecule has 2 aromatic rings. The van der Waals surface area contributed by atoms with Crippen LogP contribution in [0.4, 0.5) is 5.13 Å². The first-order valence-corrected chi connectivity index (χ1v) is 10.5. The van der Waals surface area contributed by atoms with Gasteiger partial charge in [-0.2, -0.15) is 0 Å². The Labute approximate surface area is 165 Å². The van der Waals surface area contributed by atoms with Crippen LogP contribution in [0.15, 0.2) is 12.1 Å². The maximum Gasteiger partial charge on any atom is 0.231 e. The van der Waals surface area contributed by atoms with E-state index in [4.69, 9.17) is 14.5 Å². The minimum atomic E-state index is 0.137. The number of carbonyl (C=O) groups is 1. The van der Waals surface area contributed by atoms with Gasteiger partial charge in [0, 0.05) is 19.0 Å². The van der Waals surface area contributed by atoms with Gasteiger partial charge in [-0.3, -0.25) is 9.69 Å². The van der Waals surface area contributed by atoms with E-state index in [-0.39, 0.29) is 11.8 Å². The molecule has 1 saturated carbocycles. The summed E-state index contributed by atoms with van der Waals surface area (Å²) in [5.74, 6) is 1.80. The van der Waals surface area contributed by atoms with Gasteiger partial charge in [0.05, 0.1) is 14.2 Å². The summed E-state index contributed by atoms with van der Waals surface area (Å²) in [4.78, 5) is 22.1. The lowest BCUT2D eigenvalue weighted by Gasteiger charge is -2.31. The first-order chi connectivity index (χ1) is 13.1. The predicted molar refractivity (Wildman–Crippen MR) is 110 cm³/mol. The van der Waals surface area contributed by atoms with Crippen molar-refractivity contribution in [3.8, 4) is 11.5 Å². The number of ether oxygens (including phenoxy) is 2. The molecule has 1 fully saturated rings. The lowest BCUT2D eigenvalue weighted by molar-refractivity contribution is -0.124. The van der Waals surface area contributed by atoms with Crippen molar-refractivity contribution in [2.75, 3.05) is 45.3 Å². The van der Waals surface area contributed by atoms with Crippen molar-refractivity contribution in [1.82, 2.24) is 9.88 Å². The molecule has 0 bridgehead atoms. The zero-order valence-corrected chi connectivity index (χ0v) is 17.5. The Morgan fingerprint density at radius 2 is 1.81 bits per heavy atom. The van der Waals surface area contributed by atoms with Crippen LogP contribution < -0.4 is 14.4 Å². The average Bonchev–Trinajstić information content (AvgIpc) is 3.07. The molecular weight excluding hydrogens is 362 g/mol. The lowest BCUT2D eigenvalue weighted by atomic mass is 9.84. The molecular formula is C20H29N3O3S. The molecule has 0 spiro atoms. The molecule has 0 saturated heterocycles. The van der Waals surface area contributed by atoms with E-state index in [1.54, 1.807) is 14.2 Å². The van der Waals surface area contributed by atoms with Crippen molar-refractivity contribution in [2.24, 2.45) is 5.92 Å². The zero-order valence-electron chi connectivity index (χ0n) is 16.7. The van der Waals surface area contributed by atoms with Crippen LogP contribution in [-0.2, 0) is 4.79 Å². The van der Waals surface area contributed by atoms with Crippen molar-refractivity contribution >= 4 is 32.6 Å². The number of aromatic nitrogens is 1. The quantitative estimate of drug-likeness (QED) is 0.651. The number of carbonyl (C=O) groups excluding carboxylic acids is 1. The van der Waals surface area contributed by atoms with Crippen molar-refractivity contribution in [2.45, 2.75) is 33.1 Å². The Hall–Kier alpha value is -1.86. The van der Waals surface area contributed by atoms with Gasteiger partial charge in [-0.1, -0.05) is 31.6 Å². The van der Waals surface area contributed by atoms with Crippen LogP contribution in [0.25, 0.3) is 10.2 Å². The standard InChI is InChI=1S/C20H29N3O3S/c1-5-22(6-2)12-13-23(19(24)14-8-7-9-14)20-21-17-15(25-3)10-11-16(26-4)18(17)27-20/h10-11,14H,5-9,12-13H2,1-4H3. The van der Waals surface area contributed by atoms with Crippen molar-refractivity contribution in [3.63, 3.8) is 0 Å². The molecule has 6 nitrogen and oxygen atoms in total. The van der Waals surface area contributed by atoms with E-state index in [0.717, 1.165) is 60.0 Å². The van der Waals surface area contributed by atoms with E-state index in [9.17, 15) is 4.79 Å². The van der Waals surface area contributed by atoms with E-state index < -0.39 is 0 Å². The zero-order chi connectivity index (χ0) is 19.4. The minimum Gasteiger partial charge on any atom is -0.495 e. The number of anilines is 1. The highest BCUT2D eigenvalue weighted by atomic mass is 32.1. The summed E-state index contributed by atoms with van der Waals surface area (Å²) in [5.41, 5.74) is 0.756. The topological polar surface area (TPSA) is 54.9 Å². The van der Waals surface area contributed by atoms with Crippen LogP contribution in [0.2, 0.25) is 0 Å². The third-order valence-electron chi connectivity index (χ3n) is 5.38. The van der Waals surface area contributed by atoms with Crippen LogP contribution in [0.5, 0.6) is 11.5 Å². The normalized spacial score (nSPS) is 14.4. The summed E-state index contributed by atoms with van der Waals surface area (Å²) in [7, 11) is 3.29. The van der Waals surface area contributed by atoms with E-state index >= 15 is 0 Å². The van der Waals surface area contributed by atoms with Gasteiger partial charge < -0.3 is 14.4 Å². The molecule has 148 valence electrons. The first-order valence-electron chi connectivity index (χ1n) is 9.68. The number of benzene rings is 1. The number of fused-ring (bicyclic) bond motifs is 1. The van der Waals surface area contributed by atoms with Gasteiger partial charge in [0.15, 0.2) is 5.13 Å². The second-order valence-electron chi connectivity index (χ2n) is 6.79. The van der Waals surface area contributed by atoms with E-state index in [2.05, 4.69) is 18.7 Å². The van der Waals surface area contributed by atoms with Crippen LogP contribution >= 0.6 is 11.3 Å². The molecule has 0 atom stereocenters. The number of hydrogen-bond donors (Lipinski definition) is 0. The van der Waals surface area contributed by atoms with Gasteiger partial charge in [0.1, 0.15) is 21.7 Å². The second kappa shape index (κ2) is 8.89. The summed E-state index contributed by atoms with van der Waals surface area (Å²) in [6.45, 7) is 7.74. The molecule has 1 aliphatic rings. The highest BCUT2D eigenvalue weighted by Gasteiger charge is 2.32. The van der Waals surface area contributed by atoms with Gasteiger partial charge in [-0.05, 0) is 38.1 Å². The van der Waals surface area contributed by atoms with Crippen molar-refractivity contribution in [1.29, 1.82) is 0 Å². The van der Waals surface area contributed by atoms with Gasteiger partial charge in [0.25, 0.3) is 0 Å². The Morgan fingerprint density at radius 1 is 1.15 bits per heavy atom. The smallest absolute Gasteiger partial charge is 0.231 e. The van der Waals surface area contributed by atoms with E-state index in [1.165, 1.54) is 11.3 Å². The molecule has 1 amide bonds. The molecule has 1 aliphatic carbocycles. The molecule has 0 N–H and O–H groups in total. The fourth-order valence-electron chi connectivity index (χ4n) is 3.35. The number of rotatable bonds is 9. The Balaban J connectivity index is 1.96. The average molecular weight is 392 g/mol. The van der Waals surface area contributed by atoms with Crippen LogP contribution in [0, 0.1) is 5.92 Å². The van der Waals surface area contributed by atoms with Crippen LogP contribution in [0.3, 0.4) is 0 Å². The number of likely N-dealkylation sites (N-methyl/N-ethyl adjacent to an activating group) is 1. The summed E-state index contributed by atoms with van der Waals surface area (Å²) in [5, 5.41) is 0.733. The summed E-state index contributed by atoms with van der Waals surface area (Å²) >= 11 is 1.50. The molecule has 0 unspecified atom stereocenters. The van der Waals surface area contributed by atoms with Crippen LogP contribution in [-0.4, -0.2) is 56.2 Å². The Kier molecular flexibility index (Phi) is 6.55. The van der Waals surface area contributed by atoms with E-state index in [1.807, 2.05) is 17.0 Å². The third kappa shape index (κ3) is 4.04. The number of amides is 1. The second-order valence-corrected chi connectivity index (χ2v) is 7.77. The maximum atomic E-state index is 13.1. The molecule has 1 heterocycles. The molecule has 1 aromatic heterocycles. The van der Waals surface area contributed by atoms with Gasteiger partial charge >= 0.3 is 0 Å². The van der Waals surface area contributed by atoms with Gasteiger partial charge in [0.2, 0.25) is 5.91 Å². The molecule has 0 radical (unpaired) electrons. The summed E-state index contributed by atoms with van der Waals surface area (Å²) in [6, 6.07) is 3.75. The molecule has 1 aromatic carbocycles. The van der Waals surface area contributed by atoms with Crippen molar-refractivity contribution < 1.29 is 14.3 Å². The van der Waals surface area contributed by atoms with Crippen LogP contribution in [0.1, 0.15) is 33.1 Å². The number of thiazole rings is 1. The van der Waals surface area contributed by atoms with Gasteiger partial charge in [-0.15, -0.1) is 0 Å². The fourth-order valence-corrected chi connectivity index (χ4v) is 4.45. The Morgan fingerprint density at radius 3 is 2.37 bits per heavy atom. The summed E-state index contributed by atoms with van der Waals surface area (Å²) in [6.07, 6.45) is 3.11. The third-order valence-corrected chi connectivity index (χ3v) is 6.48. The SMILES string of the molecule is CCN(CC)CCN(C(=O)C1CCC1)c1nc2c(OC)ccc(OC)c2s1. The largest absolute Gasteiger partial charge is 0.495 e. The molecule has 3 rings (SSSR count). The fraction of sp³-hybridized carbons (Fsp3) is 0.600. The number of hydrogen-bond acceptors (Lipinski definition) is 6. The van der Waals surface area contributed by atoms with E-state index in [0.29, 0.717) is 12.3 Å². The highest BCUT2D eigenvalue weighted by molar-refractivity contribution is 7.22. The highest BCUT2D eigenvalue weighted by Crippen LogP contribution is 2.41. The maximum absolute atomic E-state index is 13.1. The lowest BCUT2D eigenvalue weighted by Crippen LogP contribution is -2.43. The minimum absolute atomic E-state index is 0.137. The summed E-state index contributed by atoms with van der Waals surface area (Å²) < 4.78 is 11.9. The number of nitrogens with zero attached hydrogens (tertiary/aromatic N) is 3. The predicted octanol–water partition coefficient (Wildman–Crippen LogP) is 3.79.